The number of aryl methyl sites for hydroxylation is 1. The number of carbonyl (C=O) groups is 3. The van der Waals surface area contributed by atoms with Crippen LogP contribution in [0.1, 0.15) is 24.8 Å². The largest absolute Gasteiger partial charge is 0.550 e. The molecule has 2 aliphatic heterocycles. The first-order valence-corrected chi connectivity index (χ1v) is 7.96. The third kappa shape index (κ3) is 2.99. The number of aliphatic carboxylic acids is 1. The van der Waals surface area contributed by atoms with Crippen molar-refractivity contribution < 1.29 is 24.4 Å². The average molecular weight is 316 g/mol. The molecule has 2 heterocycles. The zero-order chi connectivity index (χ0) is 16.6. The maximum atomic E-state index is 12.7. The highest BCUT2D eigenvalue weighted by Gasteiger charge is 2.46. The fourth-order valence-corrected chi connectivity index (χ4v) is 3.49. The van der Waals surface area contributed by atoms with E-state index >= 15 is 0 Å². The predicted octanol–water partition coefficient (Wildman–Crippen LogP) is -1.33. The lowest BCUT2D eigenvalue weighted by molar-refractivity contribution is -0.920. The second kappa shape index (κ2) is 6.12. The maximum Gasteiger partial charge on any atom is 0.292 e. The molecule has 0 aromatic heterocycles. The summed E-state index contributed by atoms with van der Waals surface area (Å²) in [6.45, 7) is 3.12. The Hall–Kier alpha value is -2.21. The van der Waals surface area contributed by atoms with Crippen molar-refractivity contribution in [3.8, 4) is 0 Å². The van der Waals surface area contributed by atoms with E-state index in [1.54, 1.807) is 12.1 Å². The molecule has 0 spiro atoms. The van der Waals surface area contributed by atoms with Crippen LogP contribution in [0.5, 0.6) is 0 Å². The van der Waals surface area contributed by atoms with Gasteiger partial charge in [0.05, 0.1) is 25.2 Å². The number of carbonyl (C=O) groups excluding carboxylic acids is 3. The van der Waals surface area contributed by atoms with Crippen molar-refractivity contribution in [3.63, 3.8) is 0 Å². The Morgan fingerprint density at radius 2 is 1.78 bits per heavy atom. The first kappa shape index (κ1) is 15.7. The van der Waals surface area contributed by atoms with Crippen LogP contribution in [0.15, 0.2) is 24.3 Å². The molecule has 2 fully saturated rings. The average Bonchev–Trinajstić information content (AvgIpc) is 2.83. The van der Waals surface area contributed by atoms with Crippen LogP contribution in [0.2, 0.25) is 0 Å². The van der Waals surface area contributed by atoms with Gasteiger partial charge in [0, 0.05) is 24.7 Å². The monoisotopic (exact) mass is 316 g/mol. The number of nitrogens with one attached hydrogen (secondary N) is 1. The van der Waals surface area contributed by atoms with E-state index in [0.29, 0.717) is 31.6 Å². The van der Waals surface area contributed by atoms with Crippen molar-refractivity contribution in [1.82, 2.24) is 0 Å². The van der Waals surface area contributed by atoms with E-state index in [9.17, 15) is 19.5 Å². The molecular formula is C17H20N2O4. The summed E-state index contributed by atoms with van der Waals surface area (Å²) in [5.41, 5.74) is 1.68. The van der Waals surface area contributed by atoms with Crippen molar-refractivity contribution in [2.45, 2.75) is 32.2 Å². The maximum absolute atomic E-state index is 12.7. The molecule has 1 atom stereocenters. The molecule has 1 N–H and O–H groups in total. The van der Waals surface area contributed by atoms with E-state index in [1.165, 1.54) is 4.90 Å². The van der Waals surface area contributed by atoms with Crippen LogP contribution < -0.4 is 14.9 Å². The van der Waals surface area contributed by atoms with Crippen molar-refractivity contribution in [1.29, 1.82) is 0 Å². The summed E-state index contributed by atoms with van der Waals surface area (Å²) in [7, 11) is 0. The van der Waals surface area contributed by atoms with Crippen LogP contribution in [-0.4, -0.2) is 36.9 Å². The number of carboxylic acid groups (broad SMARTS) is 1. The predicted molar refractivity (Wildman–Crippen MR) is 80.5 cm³/mol. The van der Waals surface area contributed by atoms with Crippen LogP contribution in [0, 0.1) is 12.8 Å². The van der Waals surface area contributed by atoms with Gasteiger partial charge < -0.3 is 14.8 Å². The van der Waals surface area contributed by atoms with Crippen LogP contribution in [0.3, 0.4) is 0 Å². The third-order valence-electron chi connectivity index (χ3n) is 4.89. The Morgan fingerprint density at radius 1 is 1.17 bits per heavy atom. The molecule has 2 amide bonds. The molecule has 2 aliphatic rings. The number of carboxylic acids is 1. The SMILES string of the molecule is Cc1ccc(N2C(=O)C[C@H]([NH+]3CCC(C(=O)[O-])CC3)C2=O)cc1. The van der Waals surface area contributed by atoms with E-state index in [2.05, 4.69) is 0 Å². The molecule has 1 aromatic rings. The highest BCUT2D eigenvalue weighted by molar-refractivity contribution is 6.21. The molecule has 0 bridgehead atoms. The van der Waals surface area contributed by atoms with E-state index in [1.807, 2.05) is 19.1 Å². The normalized spacial score (nSPS) is 28.2. The zero-order valence-electron chi connectivity index (χ0n) is 13.1. The number of likely N-dealkylation sites (tertiary alicyclic amines) is 1. The number of anilines is 1. The van der Waals surface area contributed by atoms with Gasteiger partial charge in [-0.2, -0.15) is 0 Å². The molecule has 0 unspecified atom stereocenters. The molecule has 23 heavy (non-hydrogen) atoms. The van der Waals surface area contributed by atoms with Crippen LogP contribution >= 0.6 is 0 Å². The number of hydrogen-bond acceptors (Lipinski definition) is 4. The highest BCUT2D eigenvalue weighted by atomic mass is 16.4. The fourth-order valence-electron chi connectivity index (χ4n) is 3.49. The van der Waals surface area contributed by atoms with Crippen LogP contribution in [0.25, 0.3) is 0 Å². The second-order valence-electron chi connectivity index (χ2n) is 6.41. The summed E-state index contributed by atoms with van der Waals surface area (Å²) in [5, 5.41) is 10.9. The lowest BCUT2D eigenvalue weighted by Gasteiger charge is -2.32. The molecule has 6 nitrogen and oxygen atoms in total. The van der Waals surface area contributed by atoms with Gasteiger partial charge in [0.1, 0.15) is 0 Å². The van der Waals surface area contributed by atoms with Gasteiger partial charge in [0.15, 0.2) is 6.04 Å². The van der Waals surface area contributed by atoms with E-state index < -0.39 is 17.9 Å². The van der Waals surface area contributed by atoms with Gasteiger partial charge in [0.25, 0.3) is 5.91 Å². The molecule has 3 rings (SSSR count). The number of hydrogen-bond donors (Lipinski definition) is 1. The van der Waals surface area contributed by atoms with Gasteiger partial charge in [-0.3, -0.25) is 9.59 Å². The number of piperidine rings is 1. The van der Waals surface area contributed by atoms with Crippen molar-refractivity contribution in [3.05, 3.63) is 29.8 Å². The smallest absolute Gasteiger partial charge is 0.292 e. The molecule has 0 radical (unpaired) electrons. The summed E-state index contributed by atoms with van der Waals surface area (Å²) in [4.78, 5) is 38.1. The van der Waals surface area contributed by atoms with Crippen LogP contribution in [0.4, 0.5) is 5.69 Å². The minimum absolute atomic E-state index is 0.180. The quantitative estimate of drug-likeness (QED) is 0.701. The topological polar surface area (TPSA) is 82.0 Å². The fraction of sp³-hybridized carbons (Fsp3) is 0.471. The molecule has 1 aromatic carbocycles. The summed E-state index contributed by atoms with van der Waals surface area (Å²) in [6, 6.07) is 6.92. The third-order valence-corrected chi connectivity index (χ3v) is 4.89. The summed E-state index contributed by atoms with van der Waals surface area (Å²) >= 11 is 0. The molecule has 2 saturated heterocycles. The van der Waals surface area contributed by atoms with E-state index in [0.717, 1.165) is 10.5 Å². The van der Waals surface area contributed by atoms with Gasteiger partial charge in [-0.15, -0.1) is 0 Å². The number of benzene rings is 1. The van der Waals surface area contributed by atoms with E-state index in [4.69, 9.17) is 0 Å². The number of amides is 2. The number of nitrogens with zero attached hydrogens (tertiary/aromatic N) is 1. The van der Waals surface area contributed by atoms with Gasteiger partial charge in [0.2, 0.25) is 5.91 Å². The second-order valence-corrected chi connectivity index (χ2v) is 6.41. The Labute approximate surface area is 134 Å². The van der Waals surface area contributed by atoms with E-state index in [-0.39, 0.29) is 18.2 Å². The van der Waals surface area contributed by atoms with Gasteiger partial charge in [-0.1, -0.05) is 17.7 Å². The zero-order valence-corrected chi connectivity index (χ0v) is 13.1. The minimum atomic E-state index is -1.01. The molecular weight excluding hydrogens is 296 g/mol. The summed E-state index contributed by atoms with van der Waals surface area (Å²) in [5.74, 6) is -1.81. The van der Waals surface area contributed by atoms with Crippen molar-refractivity contribution in [2.75, 3.05) is 18.0 Å². The number of rotatable bonds is 3. The minimum Gasteiger partial charge on any atom is -0.550 e. The lowest BCUT2D eigenvalue weighted by atomic mass is 9.96. The molecule has 122 valence electrons. The number of imide groups is 1. The molecule has 0 aliphatic carbocycles. The number of quaternary nitrogens is 1. The molecule has 6 heteroatoms. The highest BCUT2D eigenvalue weighted by Crippen LogP contribution is 2.22. The van der Waals surface area contributed by atoms with Crippen molar-refractivity contribution in [2.24, 2.45) is 5.92 Å². The first-order chi connectivity index (χ1) is 11.0. The Morgan fingerprint density at radius 3 is 2.35 bits per heavy atom. The first-order valence-electron chi connectivity index (χ1n) is 7.96. The van der Waals surface area contributed by atoms with Gasteiger partial charge in [-0.25, -0.2) is 4.90 Å². The van der Waals surface area contributed by atoms with Gasteiger partial charge in [-0.05, 0) is 19.1 Å². The standard InChI is InChI=1S/C17H20N2O4/c1-11-2-4-13(5-3-11)19-15(20)10-14(16(19)21)18-8-6-12(7-9-18)17(22)23/h2-5,12,14H,6-10H2,1H3,(H,22,23)/t14-/m0/s1. The Balaban J connectivity index is 1.72. The van der Waals surface area contributed by atoms with Crippen molar-refractivity contribution >= 4 is 23.5 Å². The summed E-state index contributed by atoms with van der Waals surface area (Å²) < 4.78 is 0. The Kier molecular flexibility index (Phi) is 4.17. The Bertz CT molecular complexity index is 632. The lowest BCUT2D eigenvalue weighted by Crippen LogP contribution is -3.17. The summed E-state index contributed by atoms with van der Waals surface area (Å²) in [6.07, 6.45) is 1.19. The van der Waals surface area contributed by atoms with Crippen LogP contribution in [-0.2, 0) is 14.4 Å². The molecule has 0 saturated carbocycles. The van der Waals surface area contributed by atoms with Gasteiger partial charge >= 0.3 is 0 Å².